The van der Waals surface area contributed by atoms with E-state index in [1.54, 1.807) is 6.07 Å². The summed E-state index contributed by atoms with van der Waals surface area (Å²) in [5, 5.41) is 9.28. The highest BCUT2D eigenvalue weighted by atomic mass is 35.5. The van der Waals surface area contributed by atoms with Crippen molar-refractivity contribution in [3.05, 3.63) is 28.6 Å². The van der Waals surface area contributed by atoms with Gasteiger partial charge in [-0.3, -0.25) is 5.10 Å². The number of alkyl halides is 2. The minimum Gasteiger partial charge on any atom is -0.321 e. The summed E-state index contributed by atoms with van der Waals surface area (Å²) in [6, 6.07) is 1.61. The summed E-state index contributed by atoms with van der Waals surface area (Å²) in [6.07, 6.45) is 2.00. The minimum atomic E-state index is -2.63. The van der Waals surface area contributed by atoms with Crippen LogP contribution in [0.15, 0.2) is 6.07 Å². The SMILES string of the molecule is Fc1c(Cl)nc(C2CC2)nc1Nc1cc(C2CCC(F)(F)C2)[nH]n1. The summed E-state index contributed by atoms with van der Waals surface area (Å²) in [7, 11) is 0. The standard InChI is InChI=1S/C15H15ClF3N5/c16-12-11(17)14(22-13(21-12)7-1-2-7)20-10-5-9(23-24-10)8-3-4-15(18,19)6-8/h5,7-8H,1-4,6H2,(H2,20,21,22,23,24). The summed E-state index contributed by atoms with van der Waals surface area (Å²) < 4.78 is 40.8. The Bertz CT molecular complexity index is 774. The molecule has 2 saturated carbocycles. The van der Waals surface area contributed by atoms with Gasteiger partial charge < -0.3 is 5.32 Å². The Kier molecular flexibility index (Phi) is 3.67. The Hall–Kier alpha value is -1.83. The van der Waals surface area contributed by atoms with Gasteiger partial charge in [-0.1, -0.05) is 11.6 Å². The Morgan fingerprint density at radius 1 is 1.21 bits per heavy atom. The number of nitrogens with zero attached hydrogens (tertiary/aromatic N) is 3. The molecule has 0 spiro atoms. The molecule has 0 bridgehead atoms. The number of hydrogen-bond acceptors (Lipinski definition) is 4. The van der Waals surface area contributed by atoms with Crippen LogP contribution >= 0.6 is 11.6 Å². The summed E-state index contributed by atoms with van der Waals surface area (Å²) in [5.41, 5.74) is 0.609. The fourth-order valence-electron chi connectivity index (χ4n) is 2.99. The maximum absolute atomic E-state index is 14.1. The van der Waals surface area contributed by atoms with Crippen LogP contribution in [0.1, 0.15) is 55.5 Å². The number of rotatable bonds is 4. The van der Waals surface area contributed by atoms with E-state index in [1.165, 1.54) is 0 Å². The van der Waals surface area contributed by atoms with Gasteiger partial charge in [0, 0.05) is 36.4 Å². The quantitative estimate of drug-likeness (QED) is 0.790. The predicted octanol–water partition coefficient (Wildman–Crippen LogP) is 4.52. The van der Waals surface area contributed by atoms with Gasteiger partial charge in [-0.15, -0.1) is 0 Å². The first-order chi connectivity index (χ1) is 11.4. The van der Waals surface area contributed by atoms with Crippen LogP contribution in [-0.4, -0.2) is 26.1 Å². The van der Waals surface area contributed by atoms with Crippen molar-refractivity contribution in [2.75, 3.05) is 5.32 Å². The van der Waals surface area contributed by atoms with Crippen LogP contribution in [0.2, 0.25) is 5.15 Å². The highest BCUT2D eigenvalue weighted by Gasteiger charge is 2.40. The number of aromatic amines is 1. The molecule has 2 aliphatic carbocycles. The zero-order valence-corrected chi connectivity index (χ0v) is 13.4. The molecule has 24 heavy (non-hydrogen) atoms. The van der Waals surface area contributed by atoms with Crippen LogP contribution in [0, 0.1) is 5.82 Å². The molecule has 9 heteroatoms. The van der Waals surface area contributed by atoms with Crippen LogP contribution in [-0.2, 0) is 0 Å². The zero-order valence-electron chi connectivity index (χ0n) is 12.6. The molecular weight excluding hydrogens is 343 g/mol. The van der Waals surface area contributed by atoms with Gasteiger partial charge in [-0.05, 0) is 19.3 Å². The van der Waals surface area contributed by atoms with Crippen molar-refractivity contribution in [3.8, 4) is 0 Å². The van der Waals surface area contributed by atoms with Crippen molar-refractivity contribution in [3.63, 3.8) is 0 Å². The Labute approximate surface area is 141 Å². The van der Waals surface area contributed by atoms with Crippen molar-refractivity contribution in [1.29, 1.82) is 0 Å². The molecule has 1 atom stereocenters. The zero-order chi connectivity index (χ0) is 16.9. The molecule has 2 fully saturated rings. The van der Waals surface area contributed by atoms with Crippen LogP contribution in [0.4, 0.5) is 24.8 Å². The summed E-state index contributed by atoms with van der Waals surface area (Å²) in [6.45, 7) is 0. The molecule has 0 amide bonds. The molecule has 1 unspecified atom stereocenters. The molecule has 0 saturated heterocycles. The number of anilines is 2. The molecule has 2 aromatic heterocycles. The monoisotopic (exact) mass is 357 g/mol. The molecule has 2 aromatic rings. The van der Waals surface area contributed by atoms with E-state index in [9.17, 15) is 13.2 Å². The molecule has 5 nitrogen and oxygen atoms in total. The Morgan fingerprint density at radius 2 is 2.00 bits per heavy atom. The van der Waals surface area contributed by atoms with Crippen LogP contribution in [0.3, 0.4) is 0 Å². The van der Waals surface area contributed by atoms with Gasteiger partial charge in [0.2, 0.25) is 11.7 Å². The van der Waals surface area contributed by atoms with Crippen molar-refractivity contribution < 1.29 is 13.2 Å². The molecule has 128 valence electrons. The lowest BCUT2D eigenvalue weighted by atomic mass is 10.0. The third kappa shape index (κ3) is 3.07. The highest BCUT2D eigenvalue weighted by Crippen LogP contribution is 2.44. The molecule has 2 aliphatic rings. The topological polar surface area (TPSA) is 66.5 Å². The fraction of sp³-hybridized carbons (Fsp3) is 0.533. The summed E-state index contributed by atoms with van der Waals surface area (Å²) in [5.74, 6) is -2.66. The summed E-state index contributed by atoms with van der Waals surface area (Å²) >= 11 is 5.82. The number of aromatic nitrogens is 4. The third-order valence-electron chi connectivity index (χ3n) is 4.46. The molecular formula is C15H15ClF3N5. The van der Waals surface area contributed by atoms with Crippen molar-refractivity contribution >= 4 is 23.2 Å². The third-order valence-corrected chi connectivity index (χ3v) is 4.71. The van der Waals surface area contributed by atoms with Crippen molar-refractivity contribution in [1.82, 2.24) is 20.2 Å². The van der Waals surface area contributed by atoms with Gasteiger partial charge in [0.1, 0.15) is 5.82 Å². The fourth-order valence-corrected chi connectivity index (χ4v) is 3.17. The van der Waals surface area contributed by atoms with Gasteiger partial charge in [0.15, 0.2) is 16.8 Å². The largest absolute Gasteiger partial charge is 0.321 e. The van der Waals surface area contributed by atoms with Gasteiger partial charge in [-0.25, -0.2) is 18.7 Å². The number of hydrogen-bond donors (Lipinski definition) is 2. The number of halogens is 4. The maximum Gasteiger partial charge on any atom is 0.248 e. The number of nitrogens with one attached hydrogen (secondary N) is 2. The van der Waals surface area contributed by atoms with E-state index in [0.717, 1.165) is 12.8 Å². The molecule has 4 rings (SSSR count). The average molecular weight is 358 g/mol. The van der Waals surface area contributed by atoms with E-state index in [-0.39, 0.29) is 35.6 Å². The second kappa shape index (κ2) is 5.61. The lowest BCUT2D eigenvalue weighted by molar-refractivity contribution is 0.00766. The van der Waals surface area contributed by atoms with Crippen molar-refractivity contribution in [2.45, 2.75) is 49.9 Å². The van der Waals surface area contributed by atoms with Crippen LogP contribution in [0.25, 0.3) is 0 Å². The molecule has 0 aromatic carbocycles. The smallest absolute Gasteiger partial charge is 0.248 e. The first-order valence-corrected chi connectivity index (χ1v) is 8.22. The van der Waals surface area contributed by atoms with E-state index in [2.05, 4.69) is 25.5 Å². The van der Waals surface area contributed by atoms with E-state index in [1.807, 2.05) is 0 Å². The van der Waals surface area contributed by atoms with Crippen molar-refractivity contribution in [2.24, 2.45) is 0 Å². The average Bonchev–Trinajstić information content (AvgIpc) is 3.17. The highest BCUT2D eigenvalue weighted by molar-refractivity contribution is 6.29. The van der Waals surface area contributed by atoms with Gasteiger partial charge in [-0.2, -0.15) is 9.49 Å². The normalized spacial score (nSPS) is 22.8. The Morgan fingerprint density at radius 3 is 2.67 bits per heavy atom. The lowest BCUT2D eigenvalue weighted by Gasteiger charge is -2.08. The second-order valence-corrected chi connectivity index (χ2v) is 6.80. The lowest BCUT2D eigenvalue weighted by Crippen LogP contribution is -2.09. The second-order valence-electron chi connectivity index (χ2n) is 6.44. The minimum absolute atomic E-state index is 0.0494. The van der Waals surface area contributed by atoms with Gasteiger partial charge >= 0.3 is 0 Å². The van der Waals surface area contributed by atoms with Gasteiger partial charge in [0.05, 0.1) is 0 Å². The van der Waals surface area contributed by atoms with Crippen LogP contribution < -0.4 is 5.32 Å². The molecule has 2 heterocycles. The first-order valence-electron chi connectivity index (χ1n) is 7.84. The van der Waals surface area contributed by atoms with E-state index >= 15 is 0 Å². The van der Waals surface area contributed by atoms with E-state index in [4.69, 9.17) is 11.6 Å². The first kappa shape index (κ1) is 15.7. The molecule has 2 N–H and O–H groups in total. The summed E-state index contributed by atoms with van der Waals surface area (Å²) in [4.78, 5) is 8.11. The predicted molar refractivity (Wildman–Crippen MR) is 82.4 cm³/mol. The van der Waals surface area contributed by atoms with E-state index in [0.29, 0.717) is 23.8 Å². The van der Waals surface area contributed by atoms with Crippen LogP contribution in [0.5, 0.6) is 0 Å². The Balaban J connectivity index is 1.54. The maximum atomic E-state index is 14.1. The molecule has 0 radical (unpaired) electrons. The number of H-pyrrole nitrogens is 1. The molecule has 0 aliphatic heterocycles. The van der Waals surface area contributed by atoms with Gasteiger partial charge in [0.25, 0.3) is 0 Å². The van der Waals surface area contributed by atoms with E-state index < -0.39 is 11.7 Å².